The third-order valence-corrected chi connectivity index (χ3v) is 4.41. The molecule has 0 unspecified atom stereocenters. The zero-order chi connectivity index (χ0) is 17.3. The van der Waals surface area contributed by atoms with Gasteiger partial charge in [-0.15, -0.1) is 10.2 Å². The number of aryl methyl sites for hydroxylation is 1. The maximum atomic E-state index is 11.6. The van der Waals surface area contributed by atoms with Gasteiger partial charge in [-0.3, -0.25) is 4.55 Å². The molecule has 2 N–H and O–H groups in total. The monoisotopic (exact) mass is 342 g/mol. The second kappa shape index (κ2) is 6.03. The van der Waals surface area contributed by atoms with Crippen LogP contribution >= 0.6 is 0 Å². The molecule has 24 heavy (non-hydrogen) atoms. The number of phenols is 1. The third-order valence-electron chi connectivity index (χ3n) is 3.52. The highest BCUT2D eigenvalue weighted by Crippen LogP contribution is 2.34. The predicted molar refractivity (Wildman–Crippen MR) is 90.8 cm³/mol. The summed E-state index contributed by atoms with van der Waals surface area (Å²) < 4.78 is 32.7. The lowest BCUT2D eigenvalue weighted by atomic mass is 10.1. The van der Waals surface area contributed by atoms with Gasteiger partial charge < -0.3 is 5.11 Å². The van der Waals surface area contributed by atoms with Gasteiger partial charge >= 0.3 is 0 Å². The summed E-state index contributed by atoms with van der Waals surface area (Å²) in [5, 5.41) is 18.8. The summed E-state index contributed by atoms with van der Waals surface area (Å²) in [6, 6.07) is 14.5. The molecule has 3 rings (SSSR count). The number of hydrogen-bond donors (Lipinski definition) is 2. The fourth-order valence-electron chi connectivity index (χ4n) is 2.41. The second-order valence-corrected chi connectivity index (χ2v) is 6.69. The fourth-order valence-corrected chi connectivity index (χ4v) is 3.14. The third kappa shape index (κ3) is 3.12. The summed E-state index contributed by atoms with van der Waals surface area (Å²) in [6.45, 7) is 1.85. The Bertz CT molecular complexity index is 1050. The Morgan fingerprint density at radius 1 is 0.917 bits per heavy atom. The molecule has 6 nitrogen and oxygen atoms in total. The van der Waals surface area contributed by atoms with Crippen molar-refractivity contribution < 1.29 is 18.1 Å². The van der Waals surface area contributed by atoms with Crippen molar-refractivity contribution in [1.29, 1.82) is 0 Å². The van der Waals surface area contributed by atoms with E-state index in [1.165, 1.54) is 12.1 Å². The van der Waals surface area contributed by atoms with Gasteiger partial charge in [0.1, 0.15) is 16.3 Å². The van der Waals surface area contributed by atoms with Crippen LogP contribution in [-0.2, 0) is 10.1 Å². The lowest BCUT2D eigenvalue weighted by molar-refractivity contribution is 0.476. The van der Waals surface area contributed by atoms with E-state index < -0.39 is 10.1 Å². The van der Waals surface area contributed by atoms with E-state index in [0.29, 0.717) is 5.39 Å². The van der Waals surface area contributed by atoms with Gasteiger partial charge in [0.05, 0.1) is 5.69 Å². The van der Waals surface area contributed by atoms with Crippen LogP contribution in [0.2, 0.25) is 0 Å². The van der Waals surface area contributed by atoms with Gasteiger partial charge in [0.25, 0.3) is 10.1 Å². The maximum absolute atomic E-state index is 11.6. The van der Waals surface area contributed by atoms with E-state index in [2.05, 4.69) is 10.2 Å². The van der Waals surface area contributed by atoms with E-state index in [9.17, 15) is 18.1 Å². The van der Waals surface area contributed by atoms with Crippen molar-refractivity contribution in [3.63, 3.8) is 0 Å². The topological polar surface area (TPSA) is 99.3 Å². The van der Waals surface area contributed by atoms with Crippen molar-refractivity contribution in [1.82, 2.24) is 0 Å². The molecule has 0 saturated heterocycles. The zero-order valence-corrected chi connectivity index (χ0v) is 13.5. The van der Waals surface area contributed by atoms with Crippen molar-refractivity contribution in [2.24, 2.45) is 10.2 Å². The molecular formula is C17H14N2O4S. The summed E-state index contributed by atoms with van der Waals surface area (Å²) in [4.78, 5) is -0.233. The number of rotatable bonds is 3. The van der Waals surface area contributed by atoms with Crippen molar-refractivity contribution in [2.75, 3.05) is 0 Å². The van der Waals surface area contributed by atoms with Crippen LogP contribution in [0.4, 0.5) is 11.4 Å². The number of phenolic OH excluding ortho intramolecular Hbond substituents is 1. The summed E-state index contributed by atoms with van der Waals surface area (Å²) in [5.41, 5.74) is 1.45. The molecular weight excluding hydrogens is 328 g/mol. The van der Waals surface area contributed by atoms with Crippen LogP contribution in [-0.4, -0.2) is 18.1 Å². The van der Waals surface area contributed by atoms with Gasteiger partial charge in [-0.05, 0) is 42.1 Å². The average Bonchev–Trinajstić information content (AvgIpc) is 2.54. The minimum absolute atomic E-state index is 0.0282. The first-order valence-corrected chi connectivity index (χ1v) is 8.51. The molecule has 0 saturated carbocycles. The predicted octanol–water partition coefficient (Wildman–Crippen LogP) is 4.52. The molecule has 7 heteroatoms. The van der Waals surface area contributed by atoms with Crippen LogP contribution in [0.3, 0.4) is 0 Å². The molecule has 0 aromatic heterocycles. The van der Waals surface area contributed by atoms with Crippen molar-refractivity contribution >= 4 is 32.3 Å². The quantitative estimate of drug-likeness (QED) is 0.540. The summed E-state index contributed by atoms with van der Waals surface area (Å²) in [6.07, 6.45) is 0. The first kappa shape index (κ1) is 16.1. The molecule has 3 aromatic rings. The van der Waals surface area contributed by atoms with Gasteiger partial charge in [-0.1, -0.05) is 30.3 Å². The highest BCUT2D eigenvalue weighted by molar-refractivity contribution is 7.86. The van der Waals surface area contributed by atoms with Crippen LogP contribution in [0.1, 0.15) is 5.56 Å². The first-order chi connectivity index (χ1) is 11.4. The maximum Gasteiger partial charge on any atom is 0.295 e. The molecule has 0 heterocycles. The Morgan fingerprint density at radius 3 is 2.29 bits per heavy atom. The zero-order valence-electron chi connectivity index (χ0n) is 12.7. The number of aromatic hydroxyl groups is 1. The largest absolute Gasteiger partial charge is 0.506 e. The Balaban J connectivity index is 2.20. The van der Waals surface area contributed by atoms with Crippen LogP contribution in [0.15, 0.2) is 69.7 Å². The lowest BCUT2D eigenvalue weighted by Crippen LogP contribution is -1.98. The van der Waals surface area contributed by atoms with Crippen molar-refractivity contribution in [3.05, 3.63) is 60.2 Å². The highest BCUT2D eigenvalue weighted by atomic mass is 32.2. The van der Waals surface area contributed by atoms with E-state index >= 15 is 0 Å². The van der Waals surface area contributed by atoms with Gasteiger partial charge in [0.15, 0.2) is 0 Å². The summed E-state index contributed by atoms with van der Waals surface area (Å²) in [5.74, 6) is -0.0282. The van der Waals surface area contributed by atoms with Crippen LogP contribution < -0.4 is 0 Å². The normalized spacial score (nSPS) is 12.1. The fraction of sp³-hybridized carbons (Fsp3) is 0.0588. The molecule has 0 aliphatic heterocycles. The minimum atomic E-state index is -4.40. The Hall–Kier alpha value is -2.77. The van der Waals surface area contributed by atoms with Gasteiger partial charge in [-0.2, -0.15) is 8.42 Å². The van der Waals surface area contributed by atoms with E-state index in [0.717, 1.165) is 5.56 Å². The Labute approximate surface area is 138 Å². The van der Waals surface area contributed by atoms with Crippen LogP contribution in [0.5, 0.6) is 5.75 Å². The molecule has 0 aliphatic rings. The average molecular weight is 342 g/mol. The summed E-state index contributed by atoms with van der Waals surface area (Å²) >= 11 is 0. The molecule has 0 atom stereocenters. The van der Waals surface area contributed by atoms with E-state index in [4.69, 9.17) is 0 Å². The Morgan fingerprint density at radius 2 is 1.58 bits per heavy atom. The number of azo groups is 1. The summed E-state index contributed by atoms with van der Waals surface area (Å²) in [7, 11) is -4.40. The molecule has 0 aliphatic carbocycles. The number of nitrogens with zero attached hydrogens (tertiary/aromatic N) is 2. The molecule has 3 aromatic carbocycles. The van der Waals surface area contributed by atoms with Gasteiger partial charge in [0.2, 0.25) is 0 Å². The van der Waals surface area contributed by atoms with E-state index in [1.807, 2.05) is 6.92 Å². The van der Waals surface area contributed by atoms with Gasteiger partial charge in [0, 0.05) is 5.39 Å². The SMILES string of the molecule is Cc1ccc(O)c(N=Nc2cccc3cccc(S(=O)(=O)O)c23)c1. The van der Waals surface area contributed by atoms with Crippen LogP contribution in [0.25, 0.3) is 10.8 Å². The Kier molecular flexibility index (Phi) is 4.04. The van der Waals surface area contributed by atoms with E-state index in [-0.39, 0.29) is 27.4 Å². The first-order valence-electron chi connectivity index (χ1n) is 7.07. The van der Waals surface area contributed by atoms with Gasteiger partial charge in [-0.25, -0.2) is 0 Å². The molecule has 0 amide bonds. The van der Waals surface area contributed by atoms with E-state index in [1.54, 1.807) is 42.5 Å². The smallest absolute Gasteiger partial charge is 0.295 e. The minimum Gasteiger partial charge on any atom is -0.506 e. The van der Waals surface area contributed by atoms with Crippen molar-refractivity contribution in [3.8, 4) is 5.75 Å². The molecule has 0 radical (unpaired) electrons. The van der Waals surface area contributed by atoms with Crippen LogP contribution in [0, 0.1) is 6.92 Å². The molecule has 0 fully saturated rings. The number of benzene rings is 3. The highest BCUT2D eigenvalue weighted by Gasteiger charge is 2.16. The molecule has 122 valence electrons. The molecule has 0 spiro atoms. The second-order valence-electron chi connectivity index (χ2n) is 5.30. The molecule has 0 bridgehead atoms. The standard InChI is InChI=1S/C17H14N2O4S/c1-11-8-9-15(20)14(10-11)19-18-13-6-2-4-12-5-3-7-16(17(12)13)24(21,22)23/h2-10,20H,1H3,(H,21,22,23). The number of fused-ring (bicyclic) bond motifs is 1. The number of hydrogen-bond acceptors (Lipinski definition) is 5. The van der Waals surface area contributed by atoms with Crippen molar-refractivity contribution in [2.45, 2.75) is 11.8 Å². The lowest BCUT2D eigenvalue weighted by Gasteiger charge is -2.06.